The second-order valence-electron chi connectivity index (χ2n) is 8.68. The van der Waals surface area contributed by atoms with Gasteiger partial charge < -0.3 is 25.2 Å². The highest BCUT2D eigenvalue weighted by molar-refractivity contribution is 7.98. The average Bonchev–Trinajstić information content (AvgIpc) is 3.44. The molecule has 8 nitrogen and oxygen atoms in total. The smallest absolute Gasteiger partial charge is 0.250 e. The van der Waals surface area contributed by atoms with Crippen LogP contribution in [0.1, 0.15) is 31.6 Å². The number of thiazole rings is 1. The molecule has 0 saturated carbocycles. The third-order valence-corrected chi connectivity index (χ3v) is 8.90. The molecule has 10 heteroatoms. The Morgan fingerprint density at radius 1 is 1.52 bits per heavy atom. The fourth-order valence-corrected chi connectivity index (χ4v) is 7.61. The van der Waals surface area contributed by atoms with Crippen molar-refractivity contribution in [2.24, 2.45) is 11.8 Å². The molecule has 0 aliphatic carbocycles. The maximum atomic E-state index is 12.6. The summed E-state index contributed by atoms with van der Waals surface area (Å²) in [5.41, 5.74) is 0.587. The maximum absolute atomic E-state index is 12.6. The number of nitrogens with one attached hydrogen (secondary N) is 1. The molecule has 31 heavy (non-hydrogen) atoms. The molecule has 5 atom stereocenters. The third kappa shape index (κ3) is 3.06. The summed E-state index contributed by atoms with van der Waals surface area (Å²) in [6.45, 7) is 5.49. The Morgan fingerprint density at radius 3 is 2.90 bits per heavy atom. The van der Waals surface area contributed by atoms with E-state index in [0.717, 1.165) is 27.8 Å². The van der Waals surface area contributed by atoms with Crippen molar-refractivity contribution >= 4 is 45.4 Å². The van der Waals surface area contributed by atoms with Crippen LogP contribution in [-0.2, 0) is 16.1 Å². The number of thioether (sulfide) groups is 1. The monoisotopic (exact) mass is 462 g/mol. The van der Waals surface area contributed by atoms with Crippen molar-refractivity contribution < 1.29 is 24.4 Å². The van der Waals surface area contributed by atoms with Crippen LogP contribution in [0, 0.1) is 11.8 Å². The standard InChI is InChI=1S/C21H26N4O4S2/c1-10-14(17(21(28)29)25-16(10)15(11(2)26)18(25)27)13-8-24-9-23(7-12-5-4-6-22-12)19(30-3)20(24)31-13/h8-12,15-16,22,26H,4-7H2,1-3H3/t10-,11+,12+,15+,16+/m0/s1. The van der Waals surface area contributed by atoms with Gasteiger partial charge in [0.05, 0.1) is 34.6 Å². The van der Waals surface area contributed by atoms with Crippen LogP contribution in [0.3, 0.4) is 0 Å². The Morgan fingerprint density at radius 2 is 2.29 bits per heavy atom. The number of aliphatic carboxylic acids is 1. The molecule has 0 bridgehead atoms. The summed E-state index contributed by atoms with van der Waals surface area (Å²) in [4.78, 5) is 27.8. The van der Waals surface area contributed by atoms with Gasteiger partial charge in [-0.15, -0.1) is 0 Å². The Balaban J connectivity index is 1.55. The molecule has 3 aliphatic rings. The van der Waals surface area contributed by atoms with E-state index in [4.69, 9.17) is 0 Å². The summed E-state index contributed by atoms with van der Waals surface area (Å²) in [5.74, 6) is -2.44. The highest BCUT2D eigenvalue weighted by Crippen LogP contribution is 2.51. The molecule has 2 saturated heterocycles. The molecule has 2 N–H and O–H groups in total. The van der Waals surface area contributed by atoms with E-state index in [1.807, 2.05) is 13.1 Å². The first-order valence-corrected chi connectivity index (χ1v) is 12.7. The van der Waals surface area contributed by atoms with E-state index in [1.54, 1.807) is 30.0 Å². The zero-order chi connectivity index (χ0) is 22.0. The van der Waals surface area contributed by atoms with E-state index < -0.39 is 18.0 Å². The van der Waals surface area contributed by atoms with E-state index in [2.05, 4.69) is 26.9 Å². The van der Waals surface area contributed by atoms with Gasteiger partial charge in [-0.2, -0.15) is 4.40 Å². The molecule has 1 amide bonds. The molecular weight excluding hydrogens is 436 g/mol. The molecule has 2 aromatic heterocycles. The minimum Gasteiger partial charge on any atom is -0.543 e. The van der Waals surface area contributed by atoms with Gasteiger partial charge in [-0.05, 0) is 32.6 Å². The molecular formula is C21H26N4O4S2. The van der Waals surface area contributed by atoms with Crippen LogP contribution < -0.4 is 15.0 Å². The lowest BCUT2D eigenvalue weighted by atomic mass is 9.77. The number of carbonyl (C=O) groups is 2. The first-order valence-electron chi connectivity index (χ1n) is 10.6. The molecule has 2 fully saturated rings. The number of rotatable bonds is 6. The van der Waals surface area contributed by atoms with Gasteiger partial charge in [-0.1, -0.05) is 30.0 Å². The number of aromatic nitrogens is 2. The number of hydrogen-bond donors (Lipinski definition) is 2. The Bertz CT molecular complexity index is 1100. The molecule has 0 spiro atoms. The van der Waals surface area contributed by atoms with Crippen LogP contribution in [0.15, 0.2) is 23.2 Å². The number of carboxylic acid groups (broad SMARTS) is 1. The molecule has 5 heterocycles. The molecule has 0 radical (unpaired) electrons. The maximum Gasteiger partial charge on any atom is 0.250 e. The number of nitrogens with zero attached hydrogens (tertiary/aromatic N) is 3. The zero-order valence-electron chi connectivity index (χ0n) is 17.7. The summed E-state index contributed by atoms with van der Waals surface area (Å²) in [7, 11) is 0. The minimum atomic E-state index is -1.34. The Hall–Kier alpha value is -1.88. The fraction of sp³-hybridized carbons (Fsp3) is 0.571. The lowest BCUT2D eigenvalue weighted by Gasteiger charge is -2.47. The van der Waals surface area contributed by atoms with Gasteiger partial charge in [0, 0.05) is 17.5 Å². The van der Waals surface area contributed by atoms with E-state index in [0.29, 0.717) is 11.6 Å². The van der Waals surface area contributed by atoms with Crippen LogP contribution in [0.25, 0.3) is 10.4 Å². The lowest BCUT2D eigenvalue weighted by molar-refractivity contribution is -0.731. The van der Waals surface area contributed by atoms with Crippen molar-refractivity contribution in [1.29, 1.82) is 0 Å². The summed E-state index contributed by atoms with van der Waals surface area (Å²) >= 11 is 3.22. The van der Waals surface area contributed by atoms with Crippen molar-refractivity contribution in [3.63, 3.8) is 0 Å². The predicted octanol–water partition coefficient (Wildman–Crippen LogP) is 0.0807. The van der Waals surface area contributed by atoms with E-state index >= 15 is 0 Å². The van der Waals surface area contributed by atoms with Gasteiger partial charge >= 0.3 is 0 Å². The SMILES string of the molecule is CSc1c2sc(C3=C(C(=O)[O-])N4C(=O)[C@H]([C@@H](C)O)[C@H]4[C@H]3C)cn2c[n+]1C[C@H]1CCCN1. The second-order valence-corrected chi connectivity index (χ2v) is 10.5. The van der Waals surface area contributed by atoms with Crippen LogP contribution in [-0.4, -0.2) is 57.3 Å². The third-order valence-electron chi connectivity index (χ3n) is 6.81. The number of fused-ring (bicyclic) bond motifs is 2. The molecule has 0 aromatic carbocycles. The summed E-state index contributed by atoms with van der Waals surface area (Å²) < 4.78 is 4.31. The van der Waals surface area contributed by atoms with Crippen LogP contribution in [0.2, 0.25) is 0 Å². The first kappa shape index (κ1) is 21.0. The lowest BCUT2D eigenvalue weighted by Crippen LogP contribution is -2.64. The van der Waals surface area contributed by atoms with Crippen LogP contribution >= 0.6 is 23.1 Å². The zero-order valence-corrected chi connectivity index (χ0v) is 19.3. The van der Waals surface area contributed by atoms with Crippen molar-refractivity contribution in [2.45, 2.75) is 56.4 Å². The van der Waals surface area contributed by atoms with E-state index in [-0.39, 0.29) is 23.6 Å². The Kier molecular flexibility index (Phi) is 5.16. The summed E-state index contributed by atoms with van der Waals surface area (Å²) in [6, 6.07) is 0.136. The average molecular weight is 463 g/mol. The Labute approximate surface area is 188 Å². The number of carboxylic acids is 1. The molecule has 0 unspecified atom stereocenters. The van der Waals surface area contributed by atoms with Crippen molar-refractivity contribution in [2.75, 3.05) is 12.8 Å². The van der Waals surface area contributed by atoms with Crippen LogP contribution in [0.4, 0.5) is 0 Å². The summed E-state index contributed by atoms with van der Waals surface area (Å²) in [6.07, 6.45) is 7.64. The van der Waals surface area contributed by atoms with Gasteiger partial charge in [0.1, 0.15) is 12.7 Å². The molecule has 3 aliphatic heterocycles. The van der Waals surface area contributed by atoms with Gasteiger partial charge in [0.25, 0.3) is 6.33 Å². The van der Waals surface area contributed by atoms with Crippen molar-refractivity contribution in [3.05, 3.63) is 23.1 Å². The number of hydrogen-bond acceptors (Lipinski definition) is 7. The first-order chi connectivity index (χ1) is 14.8. The molecule has 5 rings (SSSR count). The summed E-state index contributed by atoms with van der Waals surface area (Å²) in [5, 5.41) is 26.7. The number of aliphatic hydroxyl groups is 1. The van der Waals surface area contributed by atoms with Crippen molar-refractivity contribution in [3.8, 4) is 0 Å². The predicted molar refractivity (Wildman–Crippen MR) is 115 cm³/mol. The quantitative estimate of drug-likeness (QED) is 0.358. The highest BCUT2D eigenvalue weighted by atomic mass is 32.2. The number of imidazole rings is 1. The van der Waals surface area contributed by atoms with Gasteiger partial charge in [0.15, 0.2) is 0 Å². The second kappa shape index (κ2) is 7.61. The molecule has 2 aromatic rings. The minimum absolute atomic E-state index is 0.0439. The van der Waals surface area contributed by atoms with E-state index in [1.165, 1.54) is 17.7 Å². The van der Waals surface area contributed by atoms with Gasteiger partial charge in [0.2, 0.25) is 15.8 Å². The van der Waals surface area contributed by atoms with Crippen LogP contribution in [0.5, 0.6) is 0 Å². The highest BCUT2D eigenvalue weighted by Gasteiger charge is 2.59. The number of β-lactam (4-membered cyclic amide) rings is 1. The largest absolute Gasteiger partial charge is 0.543 e. The number of carbonyl (C=O) groups excluding carboxylic acids is 2. The van der Waals surface area contributed by atoms with Crippen molar-refractivity contribution in [1.82, 2.24) is 14.6 Å². The number of aliphatic hydroxyl groups excluding tert-OH is 1. The van der Waals surface area contributed by atoms with Gasteiger partial charge in [-0.3, -0.25) is 4.79 Å². The van der Waals surface area contributed by atoms with Gasteiger partial charge in [-0.25, -0.2) is 4.57 Å². The fourth-order valence-electron chi connectivity index (χ4n) is 5.43. The normalized spacial score (nSPS) is 29.0. The number of amides is 1. The topological polar surface area (TPSA) is 101 Å². The van der Waals surface area contributed by atoms with E-state index in [9.17, 15) is 19.8 Å². The molecule has 166 valence electrons.